The lowest BCUT2D eigenvalue weighted by Gasteiger charge is -1.70. The van der Waals surface area contributed by atoms with Crippen LogP contribution in [0.25, 0.3) is 0 Å². The van der Waals surface area contributed by atoms with E-state index in [0.717, 1.165) is 0 Å². The Morgan fingerprint density at radius 1 is 1.40 bits per heavy atom. The quantitative estimate of drug-likeness (QED) is 0.637. The van der Waals surface area contributed by atoms with Gasteiger partial charge in [-0.1, -0.05) is 32.8 Å². The van der Waals surface area contributed by atoms with E-state index < -0.39 is 8.03 Å². The van der Waals surface area contributed by atoms with Crippen LogP contribution in [0.5, 0.6) is 0 Å². The highest BCUT2D eigenvalue weighted by Crippen LogP contribution is 2.12. The average Bonchev–Trinajstić information content (AvgIpc) is 1.89. The van der Waals surface area contributed by atoms with E-state index in [4.69, 9.17) is 4.89 Å². The van der Waals surface area contributed by atoms with Gasteiger partial charge >= 0.3 is 0 Å². The van der Waals surface area contributed by atoms with E-state index in [0.29, 0.717) is 0 Å². The topological polar surface area (TPSA) is 37.3 Å². The maximum absolute atomic E-state index is 9.70. The zero-order valence-corrected chi connectivity index (χ0v) is 7.92. The lowest BCUT2D eigenvalue weighted by atomic mass is 10.4. The van der Waals surface area contributed by atoms with Gasteiger partial charge in [0, 0.05) is 0 Å². The second-order valence-electron chi connectivity index (χ2n) is 1.84. The van der Waals surface area contributed by atoms with E-state index in [1.165, 1.54) is 18.7 Å². The Labute approximate surface area is 63.8 Å². The van der Waals surface area contributed by atoms with Gasteiger partial charge in [-0.05, 0) is 12.7 Å². The first-order valence-corrected chi connectivity index (χ1v) is 4.97. The normalized spacial score (nSPS) is 12.4. The molecule has 1 atom stereocenters. The van der Waals surface area contributed by atoms with Gasteiger partial charge in [-0.25, -0.2) is 0 Å². The van der Waals surface area contributed by atoms with E-state index in [-0.39, 0.29) is 0 Å². The fraction of sp³-hybridized carbons (Fsp3) is 0.714. The Morgan fingerprint density at radius 3 is 1.80 bits per heavy atom. The molecule has 0 aromatic heterocycles. The highest BCUT2D eigenvalue weighted by atomic mass is 31.1. The van der Waals surface area contributed by atoms with Crippen molar-refractivity contribution in [1.82, 2.24) is 0 Å². The van der Waals surface area contributed by atoms with Crippen molar-refractivity contribution in [3.8, 4) is 0 Å². The third-order valence-corrected chi connectivity index (χ3v) is 1.43. The maximum atomic E-state index is 9.70. The summed E-state index contributed by atoms with van der Waals surface area (Å²) >= 11 is 0. The first-order valence-electron chi connectivity index (χ1n) is 3.54. The van der Waals surface area contributed by atoms with Crippen molar-refractivity contribution in [2.24, 2.45) is 0 Å². The van der Waals surface area contributed by atoms with Crippen LogP contribution in [-0.2, 0) is 4.57 Å². The molecule has 0 aliphatic heterocycles. The molecule has 0 bridgehead atoms. The molecule has 1 unspecified atom stereocenters. The molecule has 0 fully saturated rings. The van der Waals surface area contributed by atoms with Gasteiger partial charge in [0.05, 0.1) is 0 Å². The van der Waals surface area contributed by atoms with Crippen molar-refractivity contribution in [2.75, 3.05) is 0 Å². The molecule has 3 heteroatoms. The number of unbranched alkanes of at least 4 members (excludes halogenated alkanes) is 1. The molecule has 0 heterocycles. The summed E-state index contributed by atoms with van der Waals surface area (Å²) in [5.74, 6) is 1.27. The zero-order chi connectivity index (χ0) is 8.41. The Balaban J connectivity index is 0. The Hall–Kier alpha value is -0.0700. The van der Waals surface area contributed by atoms with Crippen molar-refractivity contribution < 1.29 is 9.46 Å². The molecule has 0 aromatic rings. The Bertz CT molecular complexity index is 97.8. The highest BCUT2D eigenvalue weighted by molar-refractivity contribution is 7.41. The molecule has 0 saturated carbocycles. The third-order valence-electron chi connectivity index (χ3n) is 0.809. The second kappa shape index (κ2) is 11.7. The Kier molecular flexibility index (Phi) is 14.7. The summed E-state index contributed by atoms with van der Waals surface area (Å²) in [6.45, 7) is 6.07. The van der Waals surface area contributed by atoms with E-state index in [1.807, 2.05) is 0 Å². The van der Waals surface area contributed by atoms with Crippen LogP contribution in [0.3, 0.4) is 0 Å². The van der Waals surface area contributed by atoms with Gasteiger partial charge in [-0.3, -0.25) is 4.57 Å². The summed E-state index contributed by atoms with van der Waals surface area (Å²) in [6.07, 6.45) is 4.20. The molecular formula is C7H17O2P. The molecule has 0 rings (SSSR count). The van der Waals surface area contributed by atoms with Gasteiger partial charge in [0.2, 0.25) is 8.03 Å². The highest BCUT2D eigenvalue weighted by Gasteiger charge is 1.71. The lowest BCUT2D eigenvalue weighted by molar-refractivity contribution is 0.512. The number of rotatable bonds is 2. The molecule has 62 valence electrons. The summed E-state index contributed by atoms with van der Waals surface area (Å²) in [4.78, 5) is 8.01. The summed E-state index contributed by atoms with van der Waals surface area (Å²) < 4.78 is 9.70. The van der Waals surface area contributed by atoms with Gasteiger partial charge in [-0.15, -0.1) is 0 Å². The first-order chi connectivity index (χ1) is 4.68. The molecular weight excluding hydrogens is 147 g/mol. The molecule has 0 aliphatic carbocycles. The minimum atomic E-state index is -2.32. The average molecular weight is 164 g/mol. The van der Waals surface area contributed by atoms with Crippen molar-refractivity contribution in [1.29, 1.82) is 0 Å². The smallest absolute Gasteiger partial charge is 0.210 e. The van der Waals surface area contributed by atoms with Crippen LogP contribution in [-0.4, -0.2) is 4.89 Å². The summed E-state index contributed by atoms with van der Waals surface area (Å²) in [7, 11) is -2.32. The van der Waals surface area contributed by atoms with Crippen molar-refractivity contribution in [2.45, 2.75) is 33.6 Å². The van der Waals surface area contributed by atoms with E-state index in [2.05, 4.69) is 13.8 Å². The molecule has 10 heavy (non-hydrogen) atoms. The summed E-state index contributed by atoms with van der Waals surface area (Å²) in [6, 6.07) is 0. The van der Waals surface area contributed by atoms with Crippen LogP contribution in [0.4, 0.5) is 0 Å². The SMILES string of the molecule is C/C=C/[PH](=O)O.CCCC. The van der Waals surface area contributed by atoms with Crippen LogP contribution in [0.2, 0.25) is 0 Å². The molecule has 0 aromatic carbocycles. The maximum Gasteiger partial charge on any atom is 0.210 e. The summed E-state index contributed by atoms with van der Waals surface area (Å²) in [5, 5.41) is 0. The van der Waals surface area contributed by atoms with Crippen LogP contribution in [0.1, 0.15) is 33.6 Å². The minimum Gasteiger partial charge on any atom is -0.344 e. The van der Waals surface area contributed by atoms with Crippen LogP contribution < -0.4 is 0 Å². The van der Waals surface area contributed by atoms with Crippen LogP contribution >= 0.6 is 8.03 Å². The van der Waals surface area contributed by atoms with Gasteiger partial charge < -0.3 is 4.89 Å². The van der Waals surface area contributed by atoms with Gasteiger partial charge in [0.1, 0.15) is 0 Å². The molecule has 0 spiro atoms. The molecule has 0 saturated heterocycles. The van der Waals surface area contributed by atoms with Crippen LogP contribution in [0, 0.1) is 0 Å². The fourth-order valence-electron chi connectivity index (χ4n) is 0.143. The number of hydrogen-bond donors (Lipinski definition) is 1. The van der Waals surface area contributed by atoms with Crippen LogP contribution in [0.15, 0.2) is 11.9 Å². The fourth-order valence-corrected chi connectivity index (χ4v) is 0.428. The van der Waals surface area contributed by atoms with Gasteiger partial charge in [0.15, 0.2) is 0 Å². The van der Waals surface area contributed by atoms with E-state index in [9.17, 15) is 4.57 Å². The van der Waals surface area contributed by atoms with Crippen molar-refractivity contribution >= 4 is 8.03 Å². The van der Waals surface area contributed by atoms with E-state index in [1.54, 1.807) is 13.0 Å². The molecule has 1 N–H and O–H groups in total. The molecule has 0 aliphatic rings. The molecule has 0 radical (unpaired) electrons. The standard InChI is InChI=1S/C4H10.C3H7O2P/c1-3-4-2;1-2-3-6(4)5/h3-4H2,1-2H3;2-3,6H,1H3,(H,4,5)/b;3-2+. The van der Waals surface area contributed by atoms with Crippen molar-refractivity contribution in [3.05, 3.63) is 11.9 Å². The predicted molar refractivity (Wildman–Crippen MR) is 46.6 cm³/mol. The summed E-state index contributed by atoms with van der Waals surface area (Å²) in [5.41, 5.74) is 0. The zero-order valence-electron chi connectivity index (χ0n) is 6.92. The Morgan fingerprint density at radius 2 is 1.80 bits per heavy atom. The molecule has 0 amide bonds. The van der Waals surface area contributed by atoms with Gasteiger partial charge in [0.25, 0.3) is 0 Å². The van der Waals surface area contributed by atoms with Crippen molar-refractivity contribution in [3.63, 3.8) is 0 Å². The van der Waals surface area contributed by atoms with Gasteiger partial charge in [-0.2, -0.15) is 0 Å². The predicted octanol–water partition coefficient (Wildman–Crippen LogP) is 2.79. The van der Waals surface area contributed by atoms with E-state index >= 15 is 0 Å². The number of hydrogen-bond acceptors (Lipinski definition) is 1. The number of allylic oxidation sites excluding steroid dienone is 1. The third kappa shape index (κ3) is 24.7. The largest absolute Gasteiger partial charge is 0.344 e. The monoisotopic (exact) mass is 164 g/mol. The molecule has 2 nitrogen and oxygen atoms in total. The first kappa shape index (κ1) is 12.6. The second-order valence-corrected chi connectivity index (χ2v) is 2.85. The minimum absolute atomic E-state index is 1.27. The lowest BCUT2D eigenvalue weighted by Crippen LogP contribution is -1.47.